The summed E-state index contributed by atoms with van der Waals surface area (Å²) in [5.74, 6) is -0.163. The fourth-order valence-electron chi connectivity index (χ4n) is 3.46. The van der Waals surface area contributed by atoms with Gasteiger partial charge < -0.3 is 20.2 Å². The molecule has 1 heterocycles. The highest BCUT2D eigenvalue weighted by Gasteiger charge is 2.33. The second kappa shape index (κ2) is 8.10. The van der Waals surface area contributed by atoms with Gasteiger partial charge in [-0.2, -0.15) is 13.2 Å². The van der Waals surface area contributed by atoms with Gasteiger partial charge in [0.25, 0.3) is 0 Å². The molecule has 2 aromatic rings. The minimum Gasteiger partial charge on any atom is -0.395 e. The summed E-state index contributed by atoms with van der Waals surface area (Å²) in [5, 5.41) is 12.3. The molecule has 1 unspecified atom stereocenters. The number of hydrogen-bond donors (Lipinski definition) is 2. The molecule has 3 rings (SSSR count). The number of rotatable bonds is 5. The number of para-hydroxylation sites is 2. The molecule has 2 aromatic carbocycles. The molecule has 0 bridgehead atoms. The quantitative estimate of drug-likeness (QED) is 0.820. The minimum atomic E-state index is -4.38. The second-order valence-electron chi connectivity index (χ2n) is 6.65. The molecule has 150 valence electrons. The highest BCUT2D eigenvalue weighted by atomic mass is 19.4. The zero-order chi connectivity index (χ0) is 20.3. The normalized spacial score (nSPS) is 16.7. The number of halogens is 3. The lowest BCUT2D eigenvalue weighted by atomic mass is 10.0. The number of nitrogens with one attached hydrogen (secondary N) is 1. The Morgan fingerprint density at radius 1 is 1.14 bits per heavy atom. The van der Waals surface area contributed by atoms with Crippen LogP contribution in [0.25, 0.3) is 0 Å². The number of amides is 1. The van der Waals surface area contributed by atoms with Crippen LogP contribution in [-0.4, -0.2) is 43.3 Å². The largest absolute Gasteiger partial charge is 0.416 e. The van der Waals surface area contributed by atoms with Crippen LogP contribution in [0.2, 0.25) is 0 Å². The molecule has 0 aliphatic carbocycles. The van der Waals surface area contributed by atoms with Crippen molar-refractivity contribution in [2.75, 3.05) is 36.0 Å². The first-order chi connectivity index (χ1) is 13.3. The maximum atomic E-state index is 12.9. The number of β-amino-alcohol motifs (C(OH)–C–C–N with tert-alkyl or cyclic N) is 1. The Balaban J connectivity index is 1.98. The number of alkyl halides is 3. The third-order valence-electron chi connectivity index (χ3n) is 4.75. The molecule has 5 nitrogen and oxygen atoms in total. The van der Waals surface area contributed by atoms with E-state index < -0.39 is 11.7 Å². The molecule has 1 aliphatic rings. The second-order valence-corrected chi connectivity index (χ2v) is 6.65. The predicted molar refractivity (Wildman–Crippen MR) is 102 cm³/mol. The van der Waals surface area contributed by atoms with Gasteiger partial charge in [-0.3, -0.25) is 4.79 Å². The summed E-state index contributed by atoms with van der Waals surface area (Å²) >= 11 is 0. The van der Waals surface area contributed by atoms with Gasteiger partial charge in [-0.25, -0.2) is 0 Å². The maximum Gasteiger partial charge on any atom is 0.416 e. The first-order valence-corrected chi connectivity index (χ1v) is 8.97. The van der Waals surface area contributed by atoms with Crippen LogP contribution in [0.4, 0.5) is 30.2 Å². The number of aliphatic hydroxyl groups is 1. The Morgan fingerprint density at radius 2 is 1.79 bits per heavy atom. The first-order valence-electron chi connectivity index (χ1n) is 8.97. The first kappa shape index (κ1) is 20.0. The van der Waals surface area contributed by atoms with Crippen molar-refractivity contribution in [1.82, 2.24) is 5.32 Å². The summed E-state index contributed by atoms with van der Waals surface area (Å²) in [6.45, 7) is 2.59. The molecule has 28 heavy (non-hydrogen) atoms. The molecule has 2 N–H and O–H groups in total. The summed E-state index contributed by atoms with van der Waals surface area (Å²) in [5.41, 5.74) is 1.64. The Labute approximate surface area is 161 Å². The van der Waals surface area contributed by atoms with Crippen LogP contribution >= 0.6 is 0 Å². The van der Waals surface area contributed by atoms with Crippen molar-refractivity contribution in [3.8, 4) is 0 Å². The molecule has 8 heteroatoms. The van der Waals surface area contributed by atoms with Crippen molar-refractivity contribution in [2.24, 2.45) is 0 Å². The molecule has 0 aromatic heterocycles. The van der Waals surface area contributed by atoms with E-state index in [0.29, 0.717) is 25.3 Å². The average Bonchev–Trinajstić information content (AvgIpc) is 2.66. The number of aliphatic hydroxyl groups excluding tert-OH is 1. The highest BCUT2D eigenvalue weighted by Crippen LogP contribution is 2.40. The van der Waals surface area contributed by atoms with Gasteiger partial charge >= 0.3 is 6.18 Å². The molecule has 0 saturated carbocycles. The van der Waals surface area contributed by atoms with E-state index in [0.717, 1.165) is 23.5 Å². The fraction of sp³-hybridized carbons (Fsp3) is 0.350. The number of carbonyl (C=O) groups is 1. The van der Waals surface area contributed by atoms with Gasteiger partial charge in [0.15, 0.2) is 0 Å². The molecule has 0 radical (unpaired) electrons. The van der Waals surface area contributed by atoms with Gasteiger partial charge in [-0.1, -0.05) is 12.1 Å². The van der Waals surface area contributed by atoms with E-state index in [4.69, 9.17) is 0 Å². The van der Waals surface area contributed by atoms with Gasteiger partial charge in [0.2, 0.25) is 5.91 Å². The van der Waals surface area contributed by atoms with Crippen molar-refractivity contribution in [3.05, 3.63) is 54.1 Å². The number of carbonyl (C=O) groups excluding carboxylic acids is 1. The van der Waals surface area contributed by atoms with E-state index in [1.807, 2.05) is 34.1 Å². The average molecular weight is 393 g/mol. The van der Waals surface area contributed by atoms with Crippen molar-refractivity contribution in [3.63, 3.8) is 0 Å². The number of fused-ring (bicyclic) bond motifs is 1. The fourth-order valence-corrected chi connectivity index (χ4v) is 3.46. The van der Waals surface area contributed by atoms with Crippen LogP contribution in [-0.2, 0) is 11.0 Å². The highest BCUT2D eigenvalue weighted by molar-refractivity contribution is 5.80. The summed E-state index contributed by atoms with van der Waals surface area (Å²) in [6.07, 6.45) is -4.38. The Hall–Kier alpha value is -2.74. The molecule has 0 spiro atoms. The number of hydrogen-bond acceptors (Lipinski definition) is 4. The van der Waals surface area contributed by atoms with Crippen LogP contribution in [0, 0.1) is 0 Å². The summed E-state index contributed by atoms with van der Waals surface area (Å²) < 4.78 is 38.7. The molecule has 0 fully saturated rings. The topological polar surface area (TPSA) is 55.8 Å². The van der Waals surface area contributed by atoms with E-state index in [-0.39, 0.29) is 18.6 Å². The summed E-state index contributed by atoms with van der Waals surface area (Å²) in [6, 6.07) is 12.4. The Kier molecular flexibility index (Phi) is 5.79. The summed E-state index contributed by atoms with van der Waals surface area (Å²) in [7, 11) is 0. The molecular weight excluding hydrogens is 371 g/mol. The van der Waals surface area contributed by atoms with Crippen LogP contribution in [0.5, 0.6) is 0 Å². The Bertz CT molecular complexity index is 824. The third-order valence-corrected chi connectivity index (χ3v) is 4.75. The molecule has 1 atom stereocenters. The molecule has 1 aliphatic heterocycles. The standard InChI is InChI=1S/C20H22F3N3O2/c1-14(28)24-12-17-13-26(16-8-6-15(7-9-16)20(21,22)23)19-5-3-2-4-18(19)25(17)10-11-27/h2-9,17,27H,10-13H2,1H3,(H,24,28). The minimum absolute atomic E-state index is 0.0504. The zero-order valence-corrected chi connectivity index (χ0v) is 15.4. The maximum absolute atomic E-state index is 12.9. The van der Waals surface area contributed by atoms with E-state index in [2.05, 4.69) is 5.32 Å². The van der Waals surface area contributed by atoms with E-state index >= 15 is 0 Å². The van der Waals surface area contributed by atoms with Crippen molar-refractivity contribution in [1.29, 1.82) is 0 Å². The molecule has 0 saturated heterocycles. The van der Waals surface area contributed by atoms with Gasteiger partial charge in [0, 0.05) is 32.2 Å². The Morgan fingerprint density at radius 3 is 2.36 bits per heavy atom. The molecule has 1 amide bonds. The van der Waals surface area contributed by atoms with Gasteiger partial charge in [-0.05, 0) is 36.4 Å². The predicted octanol–water partition coefficient (Wildman–Crippen LogP) is 3.16. The van der Waals surface area contributed by atoms with Crippen molar-refractivity contribution >= 4 is 23.0 Å². The van der Waals surface area contributed by atoms with Crippen LogP contribution < -0.4 is 15.1 Å². The van der Waals surface area contributed by atoms with Crippen molar-refractivity contribution < 1.29 is 23.1 Å². The van der Waals surface area contributed by atoms with Crippen LogP contribution in [0.15, 0.2) is 48.5 Å². The lowest BCUT2D eigenvalue weighted by Gasteiger charge is -2.44. The number of nitrogens with zero attached hydrogens (tertiary/aromatic N) is 2. The SMILES string of the molecule is CC(=O)NCC1CN(c2ccc(C(F)(F)F)cc2)c2ccccc2N1CCO. The lowest BCUT2D eigenvalue weighted by molar-refractivity contribution is -0.137. The zero-order valence-electron chi connectivity index (χ0n) is 15.4. The van der Waals surface area contributed by atoms with Gasteiger partial charge in [0.1, 0.15) is 0 Å². The van der Waals surface area contributed by atoms with E-state index in [1.54, 1.807) is 0 Å². The van der Waals surface area contributed by atoms with Crippen LogP contribution in [0.1, 0.15) is 12.5 Å². The van der Waals surface area contributed by atoms with Crippen molar-refractivity contribution in [2.45, 2.75) is 19.1 Å². The monoisotopic (exact) mass is 393 g/mol. The lowest BCUT2D eigenvalue weighted by Crippen LogP contribution is -2.53. The molecular formula is C20H22F3N3O2. The number of benzene rings is 2. The van der Waals surface area contributed by atoms with Crippen LogP contribution in [0.3, 0.4) is 0 Å². The smallest absolute Gasteiger partial charge is 0.395 e. The van der Waals surface area contributed by atoms with Gasteiger partial charge in [-0.15, -0.1) is 0 Å². The van der Waals surface area contributed by atoms with E-state index in [9.17, 15) is 23.1 Å². The van der Waals surface area contributed by atoms with E-state index in [1.165, 1.54) is 19.1 Å². The summed E-state index contributed by atoms with van der Waals surface area (Å²) in [4.78, 5) is 15.3. The third kappa shape index (κ3) is 4.22. The number of anilines is 3. The van der Waals surface area contributed by atoms with Gasteiger partial charge in [0.05, 0.1) is 29.6 Å².